The molecule has 1 aliphatic rings. The number of carbonyl (C=O) groups excluding carboxylic acids is 1. The van der Waals surface area contributed by atoms with Crippen LogP contribution in [0, 0.1) is 6.92 Å². The zero-order chi connectivity index (χ0) is 17.5. The van der Waals surface area contributed by atoms with Crippen LogP contribution in [0.4, 0.5) is 0 Å². The van der Waals surface area contributed by atoms with Crippen molar-refractivity contribution in [2.45, 2.75) is 11.1 Å². The van der Waals surface area contributed by atoms with Gasteiger partial charge in [-0.05, 0) is 18.4 Å². The summed E-state index contributed by atoms with van der Waals surface area (Å²) in [6, 6.07) is 3.31. The molecule has 3 rings (SSSR count). The van der Waals surface area contributed by atoms with E-state index < -0.39 is 10.0 Å². The van der Waals surface area contributed by atoms with E-state index in [2.05, 4.69) is 5.10 Å². The van der Waals surface area contributed by atoms with Crippen LogP contribution in [0.25, 0.3) is 0 Å². The Hall–Kier alpha value is -1.42. The third-order valence-corrected chi connectivity index (χ3v) is 7.69. The van der Waals surface area contributed by atoms with Crippen LogP contribution in [0.5, 0.6) is 0 Å². The fourth-order valence-electron chi connectivity index (χ4n) is 2.68. The third kappa shape index (κ3) is 2.97. The number of piperazine rings is 1. The van der Waals surface area contributed by atoms with E-state index >= 15 is 0 Å². The smallest absolute Gasteiger partial charge is 0.273 e. The van der Waals surface area contributed by atoms with Gasteiger partial charge in [-0.3, -0.25) is 9.48 Å². The largest absolute Gasteiger partial charge is 0.335 e. The summed E-state index contributed by atoms with van der Waals surface area (Å²) >= 11 is 7.36. The lowest BCUT2D eigenvalue weighted by Gasteiger charge is -2.33. The van der Waals surface area contributed by atoms with Gasteiger partial charge in [0, 0.05) is 33.2 Å². The molecule has 1 amide bonds. The highest BCUT2D eigenvalue weighted by Gasteiger charge is 2.32. The Kier molecular flexibility index (Phi) is 4.69. The minimum Gasteiger partial charge on any atom is -0.335 e. The number of hydrogen-bond acceptors (Lipinski definition) is 5. The van der Waals surface area contributed by atoms with E-state index in [0.29, 0.717) is 33.7 Å². The first kappa shape index (κ1) is 17.4. The first-order chi connectivity index (χ1) is 11.3. The molecule has 0 aliphatic carbocycles. The predicted octanol–water partition coefficient (Wildman–Crippen LogP) is 1.59. The lowest BCUT2D eigenvalue weighted by atomic mass is 10.3. The molecule has 0 saturated carbocycles. The Bertz CT molecular complexity index is 853. The molecule has 1 saturated heterocycles. The number of hydrogen-bond donors (Lipinski definition) is 0. The third-order valence-electron chi connectivity index (χ3n) is 3.97. The average molecular weight is 389 g/mol. The molecular weight excluding hydrogens is 372 g/mol. The molecule has 2 aromatic rings. The fraction of sp³-hybridized carbons (Fsp3) is 0.429. The molecule has 10 heteroatoms. The molecule has 130 valence electrons. The van der Waals surface area contributed by atoms with E-state index in [1.165, 1.54) is 20.3 Å². The minimum atomic E-state index is -3.47. The van der Waals surface area contributed by atoms with E-state index in [1.54, 1.807) is 36.4 Å². The standard InChI is InChI=1S/C14H17ClN4O3S2/c1-10-12(15)13(17(2)16-10)14(20)18-5-7-19(8-6-18)24(21,22)11-4-3-9-23-11/h3-4,9H,5-8H2,1-2H3. The summed E-state index contributed by atoms with van der Waals surface area (Å²) in [7, 11) is -1.80. The SMILES string of the molecule is Cc1nn(C)c(C(=O)N2CCN(S(=O)(=O)c3cccs3)CC2)c1Cl. The van der Waals surface area contributed by atoms with E-state index in [1.807, 2.05) is 0 Å². The van der Waals surface area contributed by atoms with Gasteiger partial charge in [0.25, 0.3) is 15.9 Å². The summed E-state index contributed by atoms with van der Waals surface area (Å²) in [5, 5.41) is 6.23. The van der Waals surface area contributed by atoms with Crippen molar-refractivity contribution >= 4 is 38.9 Å². The van der Waals surface area contributed by atoms with Crippen molar-refractivity contribution in [1.82, 2.24) is 19.0 Å². The predicted molar refractivity (Wildman–Crippen MR) is 91.9 cm³/mol. The molecule has 0 unspecified atom stereocenters. The molecule has 0 spiro atoms. The van der Waals surface area contributed by atoms with Crippen LogP contribution >= 0.6 is 22.9 Å². The molecule has 0 atom stereocenters. The van der Waals surface area contributed by atoms with Gasteiger partial charge in [0.1, 0.15) is 9.90 Å². The zero-order valence-electron chi connectivity index (χ0n) is 13.3. The van der Waals surface area contributed by atoms with Crippen LogP contribution in [0.15, 0.2) is 21.7 Å². The van der Waals surface area contributed by atoms with Crippen molar-refractivity contribution in [3.8, 4) is 0 Å². The van der Waals surface area contributed by atoms with Crippen LogP contribution in [0.1, 0.15) is 16.2 Å². The van der Waals surface area contributed by atoms with Crippen molar-refractivity contribution in [2.24, 2.45) is 7.05 Å². The van der Waals surface area contributed by atoms with Crippen molar-refractivity contribution < 1.29 is 13.2 Å². The molecule has 1 fully saturated rings. The van der Waals surface area contributed by atoms with E-state index in [-0.39, 0.29) is 19.0 Å². The number of aromatic nitrogens is 2. The molecule has 3 heterocycles. The number of halogens is 1. The highest BCUT2D eigenvalue weighted by molar-refractivity contribution is 7.91. The average Bonchev–Trinajstić information content (AvgIpc) is 3.17. The molecule has 7 nitrogen and oxygen atoms in total. The molecule has 2 aromatic heterocycles. The van der Waals surface area contributed by atoms with Gasteiger partial charge in [-0.2, -0.15) is 9.40 Å². The number of thiophene rings is 1. The highest BCUT2D eigenvalue weighted by Crippen LogP contribution is 2.24. The van der Waals surface area contributed by atoms with Crippen LogP contribution in [-0.4, -0.2) is 59.5 Å². The maximum Gasteiger partial charge on any atom is 0.273 e. The maximum absolute atomic E-state index is 12.7. The van der Waals surface area contributed by atoms with Gasteiger partial charge in [-0.1, -0.05) is 17.7 Å². The topological polar surface area (TPSA) is 75.5 Å². The molecule has 0 radical (unpaired) electrons. The Balaban J connectivity index is 1.72. The summed E-state index contributed by atoms with van der Waals surface area (Å²) < 4.78 is 28.2. The molecule has 0 N–H and O–H groups in total. The number of nitrogens with zero attached hydrogens (tertiary/aromatic N) is 4. The van der Waals surface area contributed by atoms with Gasteiger partial charge < -0.3 is 4.90 Å². The van der Waals surface area contributed by atoms with Crippen molar-refractivity contribution in [3.05, 3.63) is 33.9 Å². The Morgan fingerprint density at radius 2 is 1.96 bits per heavy atom. The summed E-state index contributed by atoms with van der Waals surface area (Å²) in [4.78, 5) is 14.3. The van der Waals surface area contributed by atoms with Crippen LogP contribution in [0.3, 0.4) is 0 Å². The zero-order valence-corrected chi connectivity index (χ0v) is 15.7. The monoisotopic (exact) mass is 388 g/mol. The molecular formula is C14H17ClN4O3S2. The first-order valence-corrected chi connectivity index (χ1v) is 10.0. The second-order valence-corrected chi connectivity index (χ2v) is 8.99. The van der Waals surface area contributed by atoms with Gasteiger partial charge in [0.2, 0.25) is 0 Å². The van der Waals surface area contributed by atoms with Crippen molar-refractivity contribution in [1.29, 1.82) is 0 Å². The summed E-state index contributed by atoms with van der Waals surface area (Å²) in [6.07, 6.45) is 0. The first-order valence-electron chi connectivity index (χ1n) is 7.34. The molecule has 1 aliphatic heterocycles. The van der Waals surface area contributed by atoms with E-state index in [4.69, 9.17) is 11.6 Å². The number of rotatable bonds is 3. The van der Waals surface area contributed by atoms with Gasteiger partial charge in [-0.15, -0.1) is 11.3 Å². The number of amides is 1. The maximum atomic E-state index is 12.7. The number of aryl methyl sites for hydroxylation is 2. The molecule has 0 aromatic carbocycles. The minimum absolute atomic E-state index is 0.226. The van der Waals surface area contributed by atoms with E-state index in [0.717, 1.165) is 0 Å². The Labute approximate surface area is 149 Å². The second-order valence-electron chi connectivity index (χ2n) is 5.50. The number of carbonyl (C=O) groups is 1. The quantitative estimate of drug-likeness (QED) is 0.800. The summed E-state index contributed by atoms with van der Waals surface area (Å²) in [5.41, 5.74) is 0.935. The summed E-state index contributed by atoms with van der Waals surface area (Å²) in [6.45, 7) is 2.92. The van der Waals surface area contributed by atoms with Crippen LogP contribution < -0.4 is 0 Å². The van der Waals surface area contributed by atoms with Crippen LogP contribution in [-0.2, 0) is 17.1 Å². The number of sulfonamides is 1. The van der Waals surface area contributed by atoms with Gasteiger partial charge >= 0.3 is 0 Å². The van der Waals surface area contributed by atoms with Gasteiger partial charge in [0.15, 0.2) is 0 Å². The van der Waals surface area contributed by atoms with Gasteiger partial charge in [-0.25, -0.2) is 8.42 Å². The second kappa shape index (κ2) is 6.47. The Morgan fingerprint density at radius 3 is 2.46 bits per heavy atom. The van der Waals surface area contributed by atoms with Crippen molar-refractivity contribution in [3.63, 3.8) is 0 Å². The summed E-state index contributed by atoms with van der Waals surface area (Å²) in [5.74, 6) is -0.226. The molecule has 24 heavy (non-hydrogen) atoms. The van der Waals surface area contributed by atoms with Crippen LogP contribution in [0.2, 0.25) is 5.02 Å². The Morgan fingerprint density at radius 1 is 1.29 bits per heavy atom. The lowest BCUT2D eigenvalue weighted by Crippen LogP contribution is -2.50. The highest BCUT2D eigenvalue weighted by atomic mass is 35.5. The normalized spacial score (nSPS) is 16.5. The molecule has 0 bridgehead atoms. The van der Waals surface area contributed by atoms with Gasteiger partial charge in [0.05, 0.1) is 10.7 Å². The lowest BCUT2D eigenvalue weighted by molar-refractivity contribution is 0.0687. The van der Waals surface area contributed by atoms with E-state index in [9.17, 15) is 13.2 Å². The van der Waals surface area contributed by atoms with Crippen molar-refractivity contribution in [2.75, 3.05) is 26.2 Å². The fourth-order valence-corrected chi connectivity index (χ4v) is 5.49.